The van der Waals surface area contributed by atoms with Gasteiger partial charge in [0.15, 0.2) is 6.61 Å². The van der Waals surface area contributed by atoms with Gasteiger partial charge in [-0.15, -0.1) is 11.3 Å². The first-order chi connectivity index (χ1) is 11.9. The lowest BCUT2D eigenvalue weighted by molar-refractivity contribution is -0.142. The van der Waals surface area contributed by atoms with Crippen molar-refractivity contribution in [1.82, 2.24) is 5.32 Å². The lowest BCUT2D eigenvalue weighted by Crippen LogP contribution is -2.27. The Morgan fingerprint density at radius 1 is 1.16 bits per heavy atom. The van der Waals surface area contributed by atoms with E-state index in [-0.39, 0.29) is 24.3 Å². The predicted molar refractivity (Wildman–Crippen MR) is 87.9 cm³/mol. The highest BCUT2D eigenvalue weighted by Gasteiger charge is 2.14. The Kier molecular flexibility index (Phi) is 6.60. The van der Waals surface area contributed by atoms with Gasteiger partial charge in [0.1, 0.15) is 11.6 Å². The molecule has 0 aliphatic rings. The van der Waals surface area contributed by atoms with E-state index < -0.39 is 30.1 Å². The van der Waals surface area contributed by atoms with Gasteiger partial charge in [-0.1, -0.05) is 11.6 Å². The number of hydrogen-bond donors (Lipinski definition) is 1. The Morgan fingerprint density at radius 3 is 2.56 bits per heavy atom. The minimum Gasteiger partial charge on any atom is -0.457 e. The Balaban J connectivity index is 1.73. The van der Waals surface area contributed by atoms with Crippen LogP contribution >= 0.6 is 22.9 Å². The number of carbonyl (C=O) groups excluding carboxylic acids is 3. The molecule has 0 radical (unpaired) electrons. The number of amides is 1. The molecule has 1 aromatic carbocycles. The molecule has 0 fully saturated rings. The maximum absolute atomic E-state index is 13.4. The van der Waals surface area contributed by atoms with E-state index in [1.807, 2.05) is 0 Å². The molecule has 1 heterocycles. The van der Waals surface area contributed by atoms with E-state index >= 15 is 0 Å². The number of Topliss-reactive ketones (excluding diaryl/α,β-unsaturated/α-hetero) is 1. The Morgan fingerprint density at radius 2 is 1.92 bits per heavy atom. The number of rotatable bonds is 7. The number of thiophene rings is 1. The molecule has 5 nitrogen and oxygen atoms in total. The van der Waals surface area contributed by atoms with Crippen LogP contribution in [0, 0.1) is 11.6 Å². The first-order valence-electron chi connectivity index (χ1n) is 7.04. The van der Waals surface area contributed by atoms with E-state index in [0.29, 0.717) is 15.3 Å². The SMILES string of the molecule is O=C(CCNC(=O)c1ccc(F)cc1F)OCC(=O)c1ccc(Cl)s1. The minimum atomic E-state index is -1.000. The number of ether oxygens (including phenoxy) is 1. The number of ketones is 1. The summed E-state index contributed by atoms with van der Waals surface area (Å²) in [5.41, 5.74) is -0.334. The van der Waals surface area contributed by atoms with E-state index in [4.69, 9.17) is 16.3 Å². The van der Waals surface area contributed by atoms with Gasteiger partial charge in [-0.2, -0.15) is 0 Å². The van der Waals surface area contributed by atoms with Crippen molar-refractivity contribution in [3.05, 3.63) is 56.7 Å². The molecule has 0 saturated carbocycles. The Bertz CT molecular complexity index is 809. The van der Waals surface area contributed by atoms with Crippen molar-refractivity contribution in [2.45, 2.75) is 6.42 Å². The van der Waals surface area contributed by atoms with Crippen molar-refractivity contribution in [3.8, 4) is 0 Å². The minimum absolute atomic E-state index is 0.118. The molecule has 0 aliphatic carbocycles. The highest BCUT2D eigenvalue weighted by molar-refractivity contribution is 7.18. The summed E-state index contributed by atoms with van der Waals surface area (Å²) in [6.07, 6.45) is -0.201. The summed E-state index contributed by atoms with van der Waals surface area (Å²) in [4.78, 5) is 35.4. The van der Waals surface area contributed by atoms with Crippen molar-refractivity contribution in [2.75, 3.05) is 13.2 Å². The summed E-state index contributed by atoms with van der Waals surface area (Å²) in [6.45, 7) is -0.552. The van der Waals surface area contributed by atoms with Crippen molar-refractivity contribution in [2.24, 2.45) is 0 Å². The van der Waals surface area contributed by atoms with Gasteiger partial charge in [0.2, 0.25) is 5.78 Å². The van der Waals surface area contributed by atoms with E-state index in [1.54, 1.807) is 6.07 Å². The molecule has 0 bridgehead atoms. The second-order valence-corrected chi connectivity index (χ2v) is 6.53. The summed E-state index contributed by atoms with van der Waals surface area (Å²) in [5.74, 6) is -3.66. The molecule has 1 amide bonds. The summed E-state index contributed by atoms with van der Waals surface area (Å²) < 4.78 is 31.4. The van der Waals surface area contributed by atoms with E-state index in [2.05, 4.69) is 5.32 Å². The van der Waals surface area contributed by atoms with Gasteiger partial charge in [-0.05, 0) is 24.3 Å². The third-order valence-corrected chi connectivity index (χ3v) is 4.27. The van der Waals surface area contributed by atoms with E-state index in [1.165, 1.54) is 6.07 Å². The van der Waals surface area contributed by atoms with Gasteiger partial charge >= 0.3 is 5.97 Å². The molecule has 0 spiro atoms. The van der Waals surface area contributed by atoms with Crippen LogP contribution in [0.1, 0.15) is 26.5 Å². The molecule has 1 aromatic heterocycles. The maximum Gasteiger partial charge on any atom is 0.308 e. The van der Waals surface area contributed by atoms with Crippen LogP contribution in [-0.2, 0) is 9.53 Å². The average Bonchev–Trinajstić information content (AvgIpc) is 2.99. The van der Waals surface area contributed by atoms with E-state index in [0.717, 1.165) is 23.5 Å². The fourth-order valence-electron chi connectivity index (χ4n) is 1.80. The number of nitrogens with one attached hydrogen (secondary N) is 1. The first kappa shape index (κ1) is 19.0. The number of carbonyl (C=O) groups is 3. The molecule has 0 aliphatic heterocycles. The third-order valence-electron chi connectivity index (χ3n) is 3.00. The van der Waals surface area contributed by atoms with E-state index in [9.17, 15) is 23.2 Å². The van der Waals surface area contributed by atoms with Gasteiger partial charge in [0.25, 0.3) is 5.91 Å². The predicted octanol–water partition coefficient (Wildman–Crippen LogP) is 3.23. The van der Waals surface area contributed by atoms with Crippen molar-refractivity contribution >= 4 is 40.6 Å². The molecule has 0 atom stereocenters. The topological polar surface area (TPSA) is 72.5 Å². The monoisotopic (exact) mass is 387 g/mol. The smallest absolute Gasteiger partial charge is 0.308 e. The molecular weight excluding hydrogens is 376 g/mol. The standard InChI is InChI=1S/C16H12ClF2NO4S/c17-14-4-3-13(25-14)12(21)8-24-15(22)5-6-20-16(23)10-2-1-9(18)7-11(10)19/h1-4,7H,5-6,8H2,(H,20,23). The van der Waals surface area contributed by atoms with Crippen LogP contribution in [0.5, 0.6) is 0 Å². The van der Waals surface area contributed by atoms with Crippen molar-refractivity contribution in [1.29, 1.82) is 0 Å². The van der Waals surface area contributed by atoms with Crippen molar-refractivity contribution in [3.63, 3.8) is 0 Å². The lowest BCUT2D eigenvalue weighted by atomic mass is 10.2. The van der Waals surface area contributed by atoms with Crippen LogP contribution in [0.2, 0.25) is 4.34 Å². The largest absolute Gasteiger partial charge is 0.457 e. The zero-order chi connectivity index (χ0) is 18.4. The van der Waals surface area contributed by atoms with Crippen LogP contribution in [0.15, 0.2) is 30.3 Å². The Hall–Kier alpha value is -2.32. The zero-order valence-electron chi connectivity index (χ0n) is 12.7. The van der Waals surface area contributed by atoms with Crippen LogP contribution in [0.4, 0.5) is 8.78 Å². The maximum atomic E-state index is 13.4. The number of benzene rings is 1. The summed E-state index contributed by atoms with van der Waals surface area (Å²) in [6, 6.07) is 5.63. The fraction of sp³-hybridized carbons (Fsp3) is 0.188. The highest BCUT2D eigenvalue weighted by atomic mass is 35.5. The van der Waals surface area contributed by atoms with Gasteiger partial charge in [-0.25, -0.2) is 8.78 Å². The molecule has 9 heteroatoms. The fourth-order valence-corrected chi connectivity index (χ4v) is 2.77. The van der Waals surface area contributed by atoms with Crippen LogP contribution in [0.25, 0.3) is 0 Å². The quantitative estimate of drug-likeness (QED) is 0.585. The van der Waals surface area contributed by atoms with Crippen LogP contribution in [0.3, 0.4) is 0 Å². The molecule has 2 aromatic rings. The summed E-state index contributed by atoms with van der Waals surface area (Å²) in [5, 5.41) is 2.31. The van der Waals surface area contributed by atoms with Gasteiger partial charge in [0.05, 0.1) is 21.2 Å². The number of halogens is 3. The molecular formula is C16H12ClF2NO4S. The lowest BCUT2D eigenvalue weighted by Gasteiger charge is -2.06. The van der Waals surface area contributed by atoms with Gasteiger partial charge < -0.3 is 10.1 Å². The third kappa shape index (κ3) is 5.61. The molecule has 132 valence electrons. The summed E-state index contributed by atoms with van der Waals surface area (Å²) in [7, 11) is 0. The highest BCUT2D eigenvalue weighted by Crippen LogP contribution is 2.21. The van der Waals surface area contributed by atoms with Gasteiger partial charge in [0, 0.05) is 12.6 Å². The number of hydrogen-bond acceptors (Lipinski definition) is 5. The zero-order valence-corrected chi connectivity index (χ0v) is 14.3. The molecule has 0 saturated heterocycles. The Labute approximate surface area is 150 Å². The molecule has 0 unspecified atom stereocenters. The first-order valence-corrected chi connectivity index (χ1v) is 8.23. The second kappa shape index (κ2) is 8.68. The van der Waals surface area contributed by atoms with Crippen molar-refractivity contribution < 1.29 is 27.9 Å². The molecule has 25 heavy (non-hydrogen) atoms. The van der Waals surface area contributed by atoms with Crippen LogP contribution in [-0.4, -0.2) is 30.8 Å². The van der Waals surface area contributed by atoms with Gasteiger partial charge in [-0.3, -0.25) is 14.4 Å². The average molecular weight is 388 g/mol. The normalized spacial score (nSPS) is 10.4. The molecule has 1 N–H and O–H groups in total. The number of esters is 1. The van der Waals surface area contributed by atoms with Crippen LogP contribution < -0.4 is 5.32 Å². The molecule has 2 rings (SSSR count). The summed E-state index contributed by atoms with van der Waals surface area (Å²) >= 11 is 6.78. The second-order valence-electron chi connectivity index (χ2n) is 4.82.